The van der Waals surface area contributed by atoms with Crippen LogP contribution in [0.2, 0.25) is 0 Å². The zero-order chi connectivity index (χ0) is 17.0. The van der Waals surface area contributed by atoms with Crippen LogP contribution in [-0.4, -0.2) is 24.2 Å². The first-order valence-corrected chi connectivity index (χ1v) is 10.2. The first kappa shape index (κ1) is 17.9. The third kappa shape index (κ3) is 4.78. The van der Waals surface area contributed by atoms with Crippen molar-refractivity contribution in [1.29, 1.82) is 0 Å². The molecule has 122 valence electrons. The fourth-order valence-corrected chi connectivity index (χ4v) is 4.22. The molecule has 0 aliphatic carbocycles. The molecule has 1 aromatic heterocycles. The fourth-order valence-electron chi connectivity index (χ4n) is 2.03. The van der Waals surface area contributed by atoms with Gasteiger partial charge in [0, 0.05) is 0 Å². The Kier molecular flexibility index (Phi) is 5.80. The highest BCUT2D eigenvalue weighted by Gasteiger charge is 2.11. The Morgan fingerprint density at radius 1 is 1.13 bits per heavy atom. The molecule has 0 amide bonds. The molecule has 1 N–H and O–H groups in total. The molecule has 4 nitrogen and oxygen atoms in total. The number of aryl methyl sites for hydroxylation is 2. The Balaban J connectivity index is 0.000000167. The van der Waals surface area contributed by atoms with E-state index in [-0.39, 0.29) is 4.90 Å². The lowest BCUT2D eigenvalue weighted by molar-refractivity contribution is 0.482. The van der Waals surface area contributed by atoms with E-state index in [4.69, 9.17) is 4.55 Å². The third-order valence-corrected chi connectivity index (χ3v) is 6.09. The van der Waals surface area contributed by atoms with Gasteiger partial charge in [-0.25, -0.2) is 4.98 Å². The van der Waals surface area contributed by atoms with Crippen LogP contribution in [0.15, 0.2) is 51.7 Å². The summed E-state index contributed by atoms with van der Waals surface area (Å²) in [6.07, 6.45) is 2.05. The van der Waals surface area contributed by atoms with Crippen LogP contribution in [0.4, 0.5) is 0 Å². The van der Waals surface area contributed by atoms with E-state index in [1.807, 2.05) is 25.1 Å². The highest BCUT2D eigenvalue weighted by Crippen LogP contribution is 2.27. The lowest BCUT2D eigenvalue weighted by Crippen LogP contribution is -2.00. The van der Waals surface area contributed by atoms with Gasteiger partial charge in [-0.1, -0.05) is 41.6 Å². The summed E-state index contributed by atoms with van der Waals surface area (Å²) in [5, 5.41) is 0. The highest BCUT2D eigenvalue weighted by atomic mass is 32.2. The van der Waals surface area contributed by atoms with Gasteiger partial charge in [-0.05, 0) is 43.9 Å². The third-order valence-electron chi connectivity index (χ3n) is 3.06. The summed E-state index contributed by atoms with van der Waals surface area (Å²) in [6, 6.07) is 13.0. The lowest BCUT2D eigenvalue weighted by Gasteiger charge is -2.02. The van der Waals surface area contributed by atoms with Crippen molar-refractivity contribution in [3.63, 3.8) is 0 Å². The second-order valence-electron chi connectivity index (χ2n) is 4.90. The minimum atomic E-state index is -4.05. The van der Waals surface area contributed by atoms with Gasteiger partial charge < -0.3 is 0 Å². The van der Waals surface area contributed by atoms with Crippen molar-refractivity contribution >= 4 is 43.4 Å². The summed E-state index contributed by atoms with van der Waals surface area (Å²) in [6.45, 7) is 3.51. The second kappa shape index (κ2) is 7.44. The number of thioether (sulfide) groups is 1. The van der Waals surface area contributed by atoms with E-state index < -0.39 is 10.1 Å². The molecular formula is C16H17NO3S3. The standard InChI is InChI=1S/C8H7NS2.C8H10O3S/c1-10-8-9-6-4-2-3-5-7(6)11-8;1-6-3-4-8(7(2)5-6)12(9,10)11/h2-5H,1H3;3-5H,1-2H3,(H,9,10,11). The predicted molar refractivity (Wildman–Crippen MR) is 97.1 cm³/mol. The van der Waals surface area contributed by atoms with Crippen LogP contribution in [0, 0.1) is 13.8 Å². The topological polar surface area (TPSA) is 67.3 Å². The summed E-state index contributed by atoms with van der Waals surface area (Å²) in [5.41, 5.74) is 2.65. The van der Waals surface area contributed by atoms with Crippen LogP contribution >= 0.6 is 23.1 Å². The molecule has 3 rings (SSSR count). The van der Waals surface area contributed by atoms with Gasteiger partial charge in [-0.2, -0.15) is 8.42 Å². The van der Waals surface area contributed by atoms with E-state index in [1.54, 1.807) is 42.2 Å². The maximum atomic E-state index is 10.7. The molecule has 0 saturated heterocycles. The number of fused-ring (bicyclic) bond motifs is 1. The van der Waals surface area contributed by atoms with Crippen molar-refractivity contribution in [3.05, 3.63) is 53.6 Å². The van der Waals surface area contributed by atoms with E-state index in [0.717, 1.165) is 15.4 Å². The number of hydrogen-bond acceptors (Lipinski definition) is 5. The molecule has 0 aliphatic rings. The van der Waals surface area contributed by atoms with E-state index in [2.05, 4.69) is 17.3 Å². The zero-order valence-electron chi connectivity index (χ0n) is 13.0. The summed E-state index contributed by atoms with van der Waals surface area (Å²) < 4.78 is 32.6. The van der Waals surface area contributed by atoms with E-state index in [9.17, 15) is 8.42 Å². The number of thiazole rings is 1. The Morgan fingerprint density at radius 3 is 2.39 bits per heavy atom. The molecule has 3 aromatic rings. The first-order chi connectivity index (χ1) is 10.8. The normalized spacial score (nSPS) is 11.1. The molecule has 0 saturated carbocycles. The SMILES string of the molecule is CSc1nc2ccccc2s1.Cc1ccc(S(=O)(=O)O)c(C)c1. The van der Waals surface area contributed by atoms with Crippen molar-refractivity contribution < 1.29 is 13.0 Å². The summed E-state index contributed by atoms with van der Waals surface area (Å²) >= 11 is 3.45. The smallest absolute Gasteiger partial charge is 0.282 e. The summed E-state index contributed by atoms with van der Waals surface area (Å²) in [7, 11) is -4.05. The Bertz CT molecular complexity index is 884. The molecule has 0 unspecified atom stereocenters. The number of aromatic nitrogens is 1. The van der Waals surface area contributed by atoms with Gasteiger partial charge in [-0.3, -0.25) is 4.55 Å². The molecule has 0 bridgehead atoms. The first-order valence-electron chi connectivity index (χ1n) is 6.75. The minimum Gasteiger partial charge on any atom is -0.282 e. The molecule has 0 atom stereocenters. The van der Waals surface area contributed by atoms with Crippen LogP contribution in [0.1, 0.15) is 11.1 Å². The maximum absolute atomic E-state index is 10.7. The van der Waals surface area contributed by atoms with Gasteiger partial charge in [0.2, 0.25) is 0 Å². The second-order valence-corrected chi connectivity index (χ2v) is 8.37. The van der Waals surface area contributed by atoms with Crippen LogP contribution in [-0.2, 0) is 10.1 Å². The summed E-state index contributed by atoms with van der Waals surface area (Å²) in [4.78, 5) is 4.39. The van der Waals surface area contributed by atoms with Gasteiger partial charge in [0.1, 0.15) is 0 Å². The predicted octanol–water partition coefficient (Wildman–Crippen LogP) is 4.57. The number of rotatable bonds is 2. The van der Waals surface area contributed by atoms with Gasteiger partial charge in [0.15, 0.2) is 4.34 Å². The van der Waals surface area contributed by atoms with E-state index in [0.29, 0.717) is 5.56 Å². The quantitative estimate of drug-likeness (QED) is 0.531. The molecule has 0 aliphatic heterocycles. The van der Waals surface area contributed by atoms with E-state index in [1.165, 1.54) is 10.8 Å². The van der Waals surface area contributed by atoms with Gasteiger partial charge in [-0.15, -0.1) is 11.3 Å². The van der Waals surface area contributed by atoms with Crippen molar-refractivity contribution in [2.75, 3.05) is 6.26 Å². The Morgan fingerprint density at radius 2 is 1.83 bits per heavy atom. The molecule has 0 spiro atoms. The van der Waals surface area contributed by atoms with Crippen molar-refractivity contribution in [2.24, 2.45) is 0 Å². The molecule has 0 radical (unpaired) electrons. The zero-order valence-corrected chi connectivity index (χ0v) is 15.4. The average molecular weight is 368 g/mol. The monoisotopic (exact) mass is 367 g/mol. The maximum Gasteiger partial charge on any atom is 0.294 e. The Hall–Kier alpha value is -1.41. The number of hydrogen-bond donors (Lipinski definition) is 1. The molecular weight excluding hydrogens is 350 g/mol. The molecule has 7 heteroatoms. The van der Waals surface area contributed by atoms with Crippen LogP contribution in [0.3, 0.4) is 0 Å². The molecule has 0 fully saturated rings. The number of nitrogens with zero attached hydrogens (tertiary/aromatic N) is 1. The van der Waals surface area contributed by atoms with E-state index >= 15 is 0 Å². The molecule has 1 heterocycles. The van der Waals surface area contributed by atoms with Crippen molar-refractivity contribution in [1.82, 2.24) is 4.98 Å². The highest BCUT2D eigenvalue weighted by molar-refractivity contribution is 8.00. The van der Waals surface area contributed by atoms with Crippen LogP contribution < -0.4 is 0 Å². The fraction of sp³-hybridized carbons (Fsp3) is 0.188. The largest absolute Gasteiger partial charge is 0.294 e. The average Bonchev–Trinajstić information content (AvgIpc) is 2.89. The van der Waals surface area contributed by atoms with Gasteiger partial charge in [0.25, 0.3) is 10.1 Å². The van der Waals surface area contributed by atoms with Gasteiger partial charge in [0.05, 0.1) is 15.1 Å². The van der Waals surface area contributed by atoms with Crippen LogP contribution in [0.25, 0.3) is 10.2 Å². The van der Waals surface area contributed by atoms with Gasteiger partial charge >= 0.3 is 0 Å². The number of para-hydroxylation sites is 1. The Labute approximate surface area is 144 Å². The van der Waals surface area contributed by atoms with Crippen molar-refractivity contribution in [3.8, 4) is 0 Å². The molecule has 2 aromatic carbocycles. The number of benzene rings is 2. The van der Waals surface area contributed by atoms with Crippen molar-refractivity contribution in [2.45, 2.75) is 23.1 Å². The minimum absolute atomic E-state index is 0.0203. The summed E-state index contributed by atoms with van der Waals surface area (Å²) in [5.74, 6) is 0. The molecule has 23 heavy (non-hydrogen) atoms. The van der Waals surface area contributed by atoms with Crippen LogP contribution in [0.5, 0.6) is 0 Å². The lowest BCUT2D eigenvalue weighted by atomic mass is 10.2.